The van der Waals surface area contributed by atoms with Gasteiger partial charge in [-0.05, 0) is 23.1 Å². The minimum absolute atomic E-state index is 0.0211. The van der Waals surface area contributed by atoms with E-state index in [2.05, 4.69) is 9.56 Å². The van der Waals surface area contributed by atoms with Crippen LogP contribution in [0.1, 0.15) is 12.0 Å². The van der Waals surface area contributed by atoms with Crippen LogP contribution in [-0.4, -0.2) is 49.6 Å². The Bertz CT molecular complexity index is 1280. The van der Waals surface area contributed by atoms with E-state index in [1.807, 2.05) is 0 Å². The highest BCUT2D eigenvalue weighted by Gasteiger charge is 2.36. The minimum Gasteiger partial charge on any atom is -0.496 e. The molecule has 12 nitrogen and oxygen atoms in total. The number of methoxy groups -OCH3 is 3. The van der Waals surface area contributed by atoms with Crippen LogP contribution in [0.3, 0.4) is 0 Å². The van der Waals surface area contributed by atoms with E-state index in [1.54, 1.807) is 17.0 Å². The number of nitrogens with one attached hydrogen (secondary N) is 2. The Hall–Kier alpha value is -3.49. The Morgan fingerprint density at radius 1 is 1.06 bits per heavy atom. The molecule has 0 aromatic heterocycles. The van der Waals surface area contributed by atoms with Crippen molar-refractivity contribution < 1.29 is 45.4 Å². The molecular weight excluding hydrogens is 492 g/mol. The van der Waals surface area contributed by atoms with E-state index in [0.717, 1.165) is 5.41 Å². The molecule has 3 rings (SSSR count). The third-order valence-electron chi connectivity index (χ3n) is 4.48. The summed E-state index contributed by atoms with van der Waals surface area (Å²) < 4.78 is 72.6. The molecule has 1 aliphatic rings. The molecule has 2 aromatic carbocycles. The van der Waals surface area contributed by atoms with Gasteiger partial charge in [-0.1, -0.05) is 6.07 Å². The van der Waals surface area contributed by atoms with Crippen molar-refractivity contribution in [2.45, 2.75) is 11.9 Å². The van der Waals surface area contributed by atoms with Gasteiger partial charge in [-0.2, -0.15) is 0 Å². The first-order valence-electron chi connectivity index (χ1n) is 9.55. The molecule has 1 atom stereocenters. The van der Waals surface area contributed by atoms with E-state index in [-0.39, 0.29) is 11.4 Å². The van der Waals surface area contributed by atoms with Crippen molar-refractivity contribution in [2.75, 3.05) is 26.1 Å². The predicted molar refractivity (Wildman–Crippen MR) is 121 cm³/mol. The van der Waals surface area contributed by atoms with Gasteiger partial charge in [0.05, 0.1) is 38.0 Å². The van der Waals surface area contributed by atoms with Crippen molar-refractivity contribution in [3.8, 4) is 23.0 Å². The van der Waals surface area contributed by atoms with Gasteiger partial charge in [-0.25, -0.2) is 16.8 Å². The summed E-state index contributed by atoms with van der Waals surface area (Å²) in [6, 6.07) is 8.73. The summed E-state index contributed by atoms with van der Waals surface area (Å²) >= 11 is 0. The molecule has 1 saturated heterocycles. The Morgan fingerprint density at radius 3 is 2.35 bits per heavy atom. The number of hydrogen-bond acceptors (Lipinski definition) is 10. The maximum absolute atomic E-state index is 12.6. The average Bonchev–Trinajstić information content (AvgIpc) is 2.79. The maximum Gasteiger partial charge on any atom is 0.331 e. The normalized spacial score (nSPS) is 17.6. The maximum atomic E-state index is 12.6. The summed E-state index contributed by atoms with van der Waals surface area (Å²) in [7, 11) is -3.75. The van der Waals surface area contributed by atoms with Crippen molar-refractivity contribution in [1.82, 2.24) is 4.89 Å². The van der Waals surface area contributed by atoms with E-state index in [1.165, 1.54) is 51.7 Å². The first kappa shape index (κ1) is 25.1. The SMILES string of the molecule is COc1cc(OC)c(/C=C/S(=O)(=O)Nc2cccc(OC3CC(=O)ONS3(=O)=O)c2)c(OC)c1. The zero-order chi connectivity index (χ0) is 24.9. The molecule has 1 fully saturated rings. The molecule has 2 N–H and O–H groups in total. The number of sulfonamides is 2. The molecule has 1 unspecified atom stereocenters. The molecule has 1 aliphatic heterocycles. The molecule has 0 spiro atoms. The van der Waals surface area contributed by atoms with Crippen LogP contribution in [0.4, 0.5) is 5.69 Å². The topological polar surface area (TPSA) is 156 Å². The van der Waals surface area contributed by atoms with Crippen molar-refractivity contribution in [3.63, 3.8) is 0 Å². The average molecular weight is 515 g/mol. The molecule has 0 saturated carbocycles. The van der Waals surface area contributed by atoms with Gasteiger partial charge >= 0.3 is 5.97 Å². The fourth-order valence-electron chi connectivity index (χ4n) is 2.89. The second kappa shape index (κ2) is 10.2. The fraction of sp³-hybridized carbons (Fsp3) is 0.250. The molecule has 0 amide bonds. The lowest BCUT2D eigenvalue weighted by molar-refractivity contribution is -0.150. The molecule has 34 heavy (non-hydrogen) atoms. The van der Waals surface area contributed by atoms with Gasteiger partial charge in [0.15, 0.2) is 0 Å². The van der Waals surface area contributed by atoms with Crippen LogP contribution in [0.5, 0.6) is 23.0 Å². The highest BCUT2D eigenvalue weighted by Crippen LogP contribution is 2.35. The van der Waals surface area contributed by atoms with Crippen molar-refractivity contribution >= 4 is 37.8 Å². The van der Waals surface area contributed by atoms with E-state index < -0.39 is 37.9 Å². The number of hydrogen-bond donors (Lipinski definition) is 2. The molecule has 0 aliphatic carbocycles. The van der Waals surface area contributed by atoms with Crippen LogP contribution in [0, 0.1) is 0 Å². The van der Waals surface area contributed by atoms with Crippen LogP contribution in [0.25, 0.3) is 6.08 Å². The largest absolute Gasteiger partial charge is 0.496 e. The van der Waals surface area contributed by atoms with Gasteiger partial charge in [0.25, 0.3) is 20.0 Å². The van der Waals surface area contributed by atoms with Crippen LogP contribution in [-0.2, 0) is 29.7 Å². The number of anilines is 1. The van der Waals surface area contributed by atoms with Gasteiger partial charge in [-0.15, -0.1) is 0 Å². The van der Waals surface area contributed by atoms with Crippen molar-refractivity contribution in [2.24, 2.45) is 0 Å². The number of carbonyl (C=O) groups is 1. The first-order valence-corrected chi connectivity index (χ1v) is 12.6. The van der Waals surface area contributed by atoms with Crippen LogP contribution in [0.2, 0.25) is 0 Å². The lowest BCUT2D eigenvalue weighted by Gasteiger charge is -2.22. The zero-order valence-corrected chi connectivity index (χ0v) is 19.9. The summed E-state index contributed by atoms with van der Waals surface area (Å²) in [6.07, 6.45) is 0.769. The summed E-state index contributed by atoms with van der Waals surface area (Å²) in [6.45, 7) is 0. The predicted octanol–water partition coefficient (Wildman–Crippen LogP) is 1.61. The van der Waals surface area contributed by atoms with E-state index in [9.17, 15) is 21.6 Å². The van der Waals surface area contributed by atoms with Crippen molar-refractivity contribution in [1.29, 1.82) is 0 Å². The Morgan fingerprint density at radius 2 is 1.74 bits per heavy atom. The van der Waals surface area contributed by atoms with Crippen LogP contribution < -0.4 is 28.6 Å². The van der Waals surface area contributed by atoms with Gasteiger partial charge in [0.2, 0.25) is 5.44 Å². The number of carbonyl (C=O) groups excluding carboxylic acids is 1. The smallest absolute Gasteiger partial charge is 0.331 e. The molecule has 14 heteroatoms. The lowest BCUT2D eigenvalue weighted by Crippen LogP contribution is -2.45. The van der Waals surface area contributed by atoms with Gasteiger partial charge in [0.1, 0.15) is 29.4 Å². The summed E-state index contributed by atoms with van der Waals surface area (Å²) in [5, 5.41) is 0.916. The highest BCUT2D eigenvalue weighted by atomic mass is 32.2. The third kappa shape index (κ3) is 6.09. The molecule has 1 heterocycles. The Balaban J connectivity index is 1.80. The third-order valence-corrected chi connectivity index (χ3v) is 6.77. The van der Waals surface area contributed by atoms with E-state index in [0.29, 0.717) is 22.8 Å². The van der Waals surface area contributed by atoms with Crippen LogP contribution in [0.15, 0.2) is 41.8 Å². The van der Waals surface area contributed by atoms with E-state index in [4.69, 9.17) is 18.9 Å². The van der Waals surface area contributed by atoms with Crippen molar-refractivity contribution in [3.05, 3.63) is 47.4 Å². The molecule has 2 aromatic rings. The Kier molecular flexibility index (Phi) is 7.54. The summed E-state index contributed by atoms with van der Waals surface area (Å²) in [5.74, 6) is 0.337. The molecule has 0 bridgehead atoms. The van der Waals surface area contributed by atoms with Gasteiger partial charge in [0, 0.05) is 18.2 Å². The second-order valence-electron chi connectivity index (χ2n) is 6.78. The molecule has 0 radical (unpaired) electrons. The Labute approximate surface area is 196 Å². The fourth-order valence-corrected chi connectivity index (χ4v) is 4.64. The molecule has 184 valence electrons. The lowest BCUT2D eigenvalue weighted by atomic mass is 10.1. The van der Waals surface area contributed by atoms with Gasteiger partial charge < -0.3 is 23.8 Å². The first-order chi connectivity index (χ1) is 16.1. The highest BCUT2D eigenvalue weighted by molar-refractivity contribution is 7.95. The second-order valence-corrected chi connectivity index (χ2v) is 10.1. The summed E-state index contributed by atoms with van der Waals surface area (Å²) in [4.78, 5) is 17.3. The number of ether oxygens (including phenoxy) is 4. The van der Waals surface area contributed by atoms with E-state index >= 15 is 0 Å². The standard InChI is InChI=1S/C20H22N2O10S2/c1-28-15-10-17(29-2)16(18(11-15)30-3)7-8-33(24,25)21-13-5-4-6-14(9-13)31-20-12-19(23)32-22-34(20,26)27/h4-11,20-22H,12H2,1-3H3/b8-7+. The summed E-state index contributed by atoms with van der Waals surface area (Å²) in [5.41, 5.74) is -1.06. The van der Waals surface area contributed by atoms with Gasteiger partial charge in [-0.3, -0.25) is 9.52 Å². The number of benzene rings is 2. The number of rotatable bonds is 9. The monoisotopic (exact) mass is 514 g/mol. The van der Waals surface area contributed by atoms with Crippen LogP contribution >= 0.6 is 0 Å². The quantitative estimate of drug-likeness (QED) is 0.504. The zero-order valence-electron chi connectivity index (χ0n) is 18.3. The minimum atomic E-state index is -4.06. The molecular formula is C20H22N2O10S2.